The molecule has 0 aromatic rings. The van der Waals surface area contributed by atoms with Gasteiger partial charge in [0.2, 0.25) is 0 Å². The zero-order valence-electron chi connectivity index (χ0n) is 7.80. The molecule has 1 rings (SSSR count). The van der Waals surface area contributed by atoms with Crippen LogP contribution in [0.25, 0.3) is 0 Å². The Bertz CT molecular complexity index is 247. The van der Waals surface area contributed by atoms with E-state index in [2.05, 4.69) is 0 Å². The monoisotopic (exact) mass is 246 g/mol. The van der Waals surface area contributed by atoms with Crippen molar-refractivity contribution < 1.29 is 61.3 Å². The summed E-state index contributed by atoms with van der Waals surface area (Å²) in [7, 11) is 0. The number of carboxylic acids is 1. The second-order valence-electron chi connectivity index (χ2n) is 3.60. The number of carbonyl (C=O) groups excluding carboxylic acids is 1. The summed E-state index contributed by atoms with van der Waals surface area (Å²) in [5, 5.41) is 10.5. The van der Waals surface area contributed by atoms with Crippen LogP contribution < -0.4 is 56.5 Å². The van der Waals surface area contributed by atoms with Gasteiger partial charge in [0.25, 0.3) is 0 Å². The van der Waals surface area contributed by atoms with Gasteiger partial charge in [0.1, 0.15) is 4.49 Å². The van der Waals surface area contributed by atoms with Crippen LogP contribution in [0.1, 0.15) is 13.8 Å². The van der Waals surface area contributed by atoms with Gasteiger partial charge < -0.3 is 9.90 Å². The molecular formula is C8H9Cl2KO2. The summed E-state index contributed by atoms with van der Waals surface area (Å²) < 4.78 is 0.122. The van der Waals surface area contributed by atoms with Crippen LogP contribution in [-0.4, -0.2) is 5.97 Å². The Kier molecular flexibility index (Phi) is 5.51. The number of allylic oxidation sites excluding steroid dienone is 1. The summed E-state index contributed by atoms with van der Waals surface area (Å²) in [6.07, 6.45) is 1.56. The molecule has 0 aromatic heterocycles. The number of carbonyl (C=O) groups is 1. The molecule has 0 aliphatic heterocycles. The second-order valence-corrected chi connectivity index (χ2v) is 4.61. The second kappa shape index (κ2) is 4.97. The number of halogens is 2. The summed E-state index contributed by atoms with van der Waals surface area (Å²) in [6.45, 7) is 3.71. The van der Waals surface area contributed by atoms with E-state index in [0.717, 1.165) is 0 Å². The predicted octanol–water partition coefficient (Wildman–Crippen LogP) is -1.67. The van der Waals surface area contributed by atoms with Crippen molar-refractivity contribution in [2.45, 2.75) is 13.8 Å². The smallest absolute Gasteiger partial charge is 0.550 e. The van der Waals surface area contributed by atoms with E-state index in [1.54, 1.807) is 6.08 Å². The Labute approximate surface area is 130 Å². The average Bonchev–Trinajstić information content (AvgIpc) is 2.32. The number of hydrogen-bond donors (Lipinski definition) is 0. The van der Waals surface area contributed by atoms with Gasteiger partial charge in [0, 0.05) is 11.9 Å². The van der Waals surface area contributed by atoms with E-state index in [0.29, 0.717) is 0 Å². The molecule has 0 radical (unpaired) electrons. The average molecular weight is 247 g/mol. The summed E-state index contributed by atoms with van der Waals surface area (Å²) >= 11 is 10.8. The Morgan fingerprint density at radius 1 is 1.46 bits per heavy atom. The molecule has 0 N–H and O–H groups in total. The normalized spacial score (nSPS) is 28.6. The molecule has 2 atom stereocenters. The van der Waals surface area contributed by atoms with Crippen molar-refractivity contribution in [3.63, 3.8) is 0 Å². The maximum absolute atomic E-state index is 10.5. The number of aliphatic carboxylic acids is 1. The molecule has 0 bridgehead atoms. The van der Waals surface area contributed by atoms with E-state index in [1.165, 1.54) is 0 Å². The first-order chi connectivity index (χ1) is 5.37. The third-order valence-corrected chi connectivity index (χ3v) is 2.72. The predicted molar refractivity (Wildman–Crippen MR) is 45.6 cm³/mol. The maximum atomic E-state index is 10.5. The molecule has 0 aromatic carbocycles. The van der Waals surface area contributed by atoms with Gasteiger partial charge in [-0.15, -0.1) is 0 Å². The zero-order chi connectivity index (χ0) is 9.52. The van der Waals surface area contributed by atoms with Crippen LogP contribution in [0.15, 0.2) is 10.6 Å². The maximum Gasteiger partial charge on any atom is 1.00 e. The van der Waals surface area contributed by atoms with E-state index in [-0.39, 0.29) is 67.2 Å². The van der Waals surface area contributed by atoms with Crippen molar-refractivity contribution in [3.05, 3.63) is 10.6 Å². The van der Waals surface area contributed by atoms with Gasteiger partial charge in [-0.05, 0) is 17.4 Å². The van der Waals surface area contributed by atoms with Crippen LogP contribution >= 0.6 is 23.2 Å². The quantitative estimate of drug-likeness (QED) is 0.547. The van der Waals surface area contributed by atoms with E-state index < -0.39 is 11.9 Å². The zero-order valence-corrected chi connectivity index (χ0v) is 12.4. The minimum atomic E-state index is -1.03. The molecule has 1 saturated carbocycles. The summed E-state index contributed by atoms with van der Waals surface area (Å²) in [5.41, 5.74) is -0.270. The van der Waals surface area contributed by atoms with Crippen LogP contribution in [0.4, 0.5) is 0 Å². The van der Waals surface area contributed by atoms with Gasteiger partial charge in [0.05, 0.1) is 0 Å². The number of rotatable bonds is 2. The number of carboxylic acid groups (broad SMARTS) is 1. The third-order valence-electron chi connectivity index (χ3n) is 2.47. The molecule has 1 aliphatic rings. The Morgan fingerprint density at radius 3 is 2.15 bits per heavy atom. The first-order valence-corrected chi connectivity index (χ1v) is 4.36. The van der Waals surface area contributed by atoms with Crippen LogP contribution in [0, 0.1) is 17.3 Å². The molecule has 0 heterocycles. The third kappa shape index (κ3) is 3.19. The molecular weight excluding hydrogens is 238 g/mol. The SMILES string of the molecule is CC1(C)C(C=C(Cl)Cl)C1C(=O)[O-].[K+]. The summed E-state index contributed by atoms with van der Waals surface area (Å²) in [6, 6.07) is 0. The van der Waals surface area contributed by atoms with Crippen LogP contribution in [0.3, 0.4) is 0 Å². The van der Waals surface area contributed by atoms with Crippen molar-refractivity contribution >= 4 is 29.2 Å². The minimum absolute atomic E-state index is 0. The summed E-state index contributed by atoms with van der Waals surface area (Å²) in [5.74, 6) is -1.58. The van der Waals surface area contributed by atoms with Gasteiger partial charge in [-0.2, -0.15) is 0 Å². The largest absolute Gasteiger partial charge is 1.00 e. The van der Waals surface area contributed by atoms with Crippen molar-refractivity contribution in [1.82, 2.24) is 0 Å². The Hall–Kier alpha value is 1.43. The van der Waals surface area contributed by atoms with Crippen molar-refractivity contribution in [1.29, 1.82) is 0 Å². The molecule has 2 unspecified atom stereocenters. The van der Waals surface area contributed by atoms with Gasteiger partial charge in [-0.1, -0.05) is 37.0 Å². The van der Waals surface area contributed by atoms with E-state index in [4.69, 9.17) is 23.2 Å². The molecule has 5 heteroatoms. The van der Waals surface area contributed by atoms with Crippen LogP contribution in [0.5, 0.6) is 0 Å². The molecule has 0 saturated heterocycles. The van der Waals surface area contributed by atoms with Crippen LogP contribution in [-0.2, 0) is 4.79 Å². The van der Waals surface area contributed by atoms with Gasteiger partial charge in [-0.3, -0.25) is 0 Å². The van der Waals surface area contributed by atoms with E-state index >= 15 is 0 Å². The van der Waals surface area contributed by atoms with Crippen LogP contribution in [0.2, 0.25) is 0 Å². The molecule has 1 fully saturated rings. The van der Waals surface area contributed by atoms with Gasteiger partial charge >= 0.3 is 51.4 Å². The van der Waals surface area contributed by atoms with E-state index in [1.807, 2.05) is 13.8 Å². The summed E-state index contributed by atoms with van der Waals surface area (Å²) in [4.78, 5) is 10.5. The van der Waals surface area contributed by atoms with Crippen molar-refractivity contribution in [2.75, 3.05) is 0 Å². The standard InChI is InChI=1S/C8H10Cl2O2.K/c1-8(2)4(3-5(9)10)6(8)7(11)12;/h3-4,6H,1-2H3,(H,11,12);/q;+1/p-1. The fourth-order valence-electron chi connectivity index (χ4n) is 1.57. The topological polar surface area (TPSA) is 40.1 Å². The molecule has 2 nitrogen and oxygen atoms in total. The van der Waals surface area contributed by atoms with E-state index in [9.17, 15) is 9.90 Å². The Morgan fingerprint density at radius 2 is 1.92 bits per heavy atom. The minimum Gasteiger partial charge on any atom is -0.550 e. The first-order valence-electron chi connectivity index (χ1n) is 3.61. The van der Waals surface area contributed by atoms with Gasteiger partial charge in [-0.25, -0.2) is 0 Å². The fourth-order valence-corrected chi connectivity index (χ4v) is 1.85. The first kappa shape index (κ1) is 14.4. The molecule has 13 heavy (non-hydrogen) atoms. The fraction of sp³-hybridized carbons (Fsp3) is 0.625. The molecule has 0 amide bonds. The molecule has 0 spiro atoms. The van der Waals surface area contributed by atoms with Crippen molar-refractivity contribution in [3.8, 4) is 0 Å². The van der Waals surface area contributed by atoms with Crippen molar-refractivity contribution in [2.24, 2.45) is 17.3 Å². The molecule has 68 valence electrons. The van der Waals surface area contributed by atoms with Gasteiger partial charge in [0.15, 0.2) is 0 Å². The molecule has 1 aliphatic carbocycles. The number of hydrogen-bond acceptors (Lipinski definition) is 2. The Balaban J connectivity index is 0.00000144.